The van der Waals surface area contributed by atoms with E-state index in [4.69, 9.17) is 17.3 Å². The minimum Gasteiger partial charge on any atom is -0.369 e. The van der Waals surface area contributed by atoms with Crippen molar-refractivity contribution < 1.29 is 9.18 Å². The highest BCUT2D eigenvalue weighted by Gasteiger charge is 1.98. The Morgan fingerprint density at radius 1 is 1.57 bits per heavy atom. The number of hydrogen-bond donors (Lipinski definition) is 1. The summed E-state index contributed by atoms with van der Waals surface area (Å²) in [4.78, 5) is 10.3. The smallest absolute Gasteiger partial charge is 0.229 e. The van der Waals surface area contributed by atoms with Gasteiger partial charge in [0.05, 0.1) is 12.0 Å². The molecule has 1 amide bonds. The Morgan fingerprint density at radius 3 is 2.93 bits per heavy atom. The van der Waals surface area contributed by atoms with E-state index in [2.05, 4.69) is 11.8 Å². The molecule has 0 radical (unpaired) electrons. The molecule has 0 saturated carbocycles. The van der Waals surface area contributed by atoms with Gasteiger partial charge in [-0.3, -0.25) is 4.79 Å². The van der Waals surface area contributed by atoms with Gasteiger partial charge in [0.15, 0.2) is 0 Å². The van der Waals surface area contributed by atoms with Crippen LogP contribution < -0.4 is 5.73 Å². The maximum Gasteiger partial charge on any atom is 0.229 e. The molecule has 0 unspecified atom stereocenters. The van der Waals surface area contributed by atoms with Crippen molar-refractivity contribution in [3.63, 3.8) is 0 Å². The monoisotopic (exact) mass is 211 g/mol. The van der Waals surface area contributed by atoms with Gasteiger partial charge >= 0.3 is 0 Å². The number of hydrogen-bond acceptors (Lipinski definition) is 1. The van der Waals surface area contributed by atoms with Gasteiger partial charge in [-0.2, -0.15) is 0 Å². The van der Waals surface area contributed by atoms with Crippen LogP contribution in [0.15, 0.2) is 18.2 Å². The second-order valence-corrected chi connectivity index (χ2v) is 3.01. The molecule has 1 aromatic carbocycles. The first-order valence-electron chi connectivity index (χ1n) is 3.82. The number of nitrogens with two attached hydrogens (primary N) is 1. The summed E-state index contributed by atoms with van der Waals surface area (Å²) in [5.74, 6) is 3.91. The summed E-state index contributed by atoms with van der Waals surface area (Å²) < 4.78 is 13.0. The van der Waals surface area contributed by atoms with E-state index in [1.165, 1.54) is 18.2 Å². The first-order valence-corrected chi connectivity index (χ1v) is 4.19. The Bertz CT molecular complexity index is 420. The van der Waals surface area contributed by atoms with Gasteiger partial charge in [0.2, 0.25) is 5.91 Å². The lowest BCUT2D eigenvalue weighted by atomic mass is 10.2. The molecule has 0 heterocycles. The number of benzene rings is 1. The second-order valence-electron chi connectivity index (χ2n) is 2.57. The van der Waals surface area contributed by atoms with Gasteiger partial charge < -0.3 is 5.73 Å². The molecule has 0 bridgehead atoms. The van der Waals surface area contributed by atoms with Crippen LogP contribution in [0.3, 0.4) is 0 Å². The minimum absolute atomic E-state index is 0.0913. The fourth-order valence-electron chi connectivity index (χ4n) is 0.820. The Kier molecular flexibility index (Phi) is 3.49. The highest BCUT2D eigenvalue weighted by molar-refractivity contribution is 6.30. The van der Waals surface area contributed by atoms with Gasteiger partial charge in [-0.15, -0.1) is 0 Å². The van der Waals surface area contributed by atoms with Gasteiger partial charge in [-0.05, 0) is 18.2 Å². The molecular formula is C10H7ClFNO. The Hall–Kier alpha value is -1.53. The van der Waals surface area contributed by atoms with E-state index in [9.17, 15) is 9.18 Å². The van der Waals surface area contributed by atoms with E-state index in [0.717, 1.165) is 0 Å². The zero-order valence-electron chi connectivity index (χ0n) is 7.18. The molecule has 1 aromatic rings. The molecule has 0 spiro atoms. The summed E-state index contributed by atoms with van der Waals surface area (Å²) in [5, 5.41) is 0.398. The van der Waals surface area contributed by atoms with Crippen LogP contribution in [-0.4, -0.2) is 5.91 Å². The topological polar surface area (TPSA) is 43.1 Å². The largest absolute Gasteiger partial charge is 0.369 e. The fraction of sp³-hybridized carbons (Fsp3) is 0.100. The van der Waals surface area contributed by atoms with E-state index >= 15 is 0 Å². The van der Waals surface area contributed by atoms with Crippen LogP contribution in [0.5, 0.6) is 0 Å². The van der Waals surface area contributed by atoms with Gasteiger partial charge in [0.1, 0.15) is 5.82 Å². The van der Waals surface area contributed by atoms with E-state index in [1.54, 1.807) is 0 Å². The highest BCUT2D eigenvalue weighted by atomic mass is 35.5. The van der Waals surface area contributed by atoms with Gasteiger partial charge in [0, 0.05) is 5.02 Å². The number of rotatable bonds is 1. The molecule has 0 aliphatic carbocycles. The summed E-state index contributed by atoms with van der Waals surface area (Å²) in [7, 11) is 0. The second kappa shape index (κ2) is 4.64. The summed E-state index contributed by atoms with van der Waals surface area (Å²) in [5.41, 5.74) is 5.03. The standard InChI is InChI=1S/C10H7ClFNO/c11-8-4-5-9(12)7(6-8)2-1-3-10(13)14/h4-6H,3H2,(H2,13,14). The first-order chi connectivity index (χ1) is 6.59. The average molecular weight is 212 g/mol. The molecule has 0 atom stereocenters. The predicted molar refractivity (Wildman–Crippen MR) is 52.1 cm³/mol. The van der Waals surface area contributed by atoms with Gasteiger partial charge in [-0.1, -0.05) is 23.4 Å². The van der Waals surface area contributed by atoms with Crippen LogP contribution in [-0.2, 0) is 4.79 Å². The lowest BCUT2D eigenvalue weighted by molar-refractivity contribution is -0.117. The molecular weight excluding hydrogens is 205 g/mol. The molecule has 2 N–H and O–H groups in total. The van der Waals surface area contributed by atoms with Crippen LogP contribution in [0.2, 0.25) is 5.02 Å². The highest BCUT2D eigenvalue weighted by Crippen LogP contribution is 2.13. The van der Waals surface area contributed by atoms with Gasteiger partial charge in [-0.25, -0.2) is 4.39 Å². The fourth-order valence-corrected chi connectivity index (χ4v) is 0.992. The summed E-state index contributed by atoms with van der Waals surface area (Å²) in [6, 6.07) is 4.04. The lowest BCUT2D eigenvalue weighted by Crippen LogP contribution is -2.08. The van der Waals surface area contributed by atoms with Crippen molar-refractivity contribution in [1.82, 2.24) is 0 Å². The quantitative estimate of drug-likeness (QED) is 0.706. The van der Waals surface area contributed by atoms with Crippen molar-refractivity contribution in [2.75, 3.05) is 0 Å². The normalized spacial score (nSPS) is 9.00. The molecule has 2 nitrogen and oxygen atoms in total. The number of amides is 1. The van der Waals surface area contributed by atoms with Crippen LogP contribution in [0.25, 0.3) is 0 Å². The predicted octanol–water partition coefficient (Wildman–Crippen LogP) is 1.71. The van der Waals surface area contributed by atoms with E-state index in [-0.39, 0.29) is 12.0 Å². The van der Waals surface area contributed by atoms with Crippen molar-refractivity contribution in [2.24, 2.45) is 5.73 Å². The molecule has 4 heteroatoms. The first kappa shape index (κ1) is 10.6. The molecule has 14 heavy (non-hydrogen) atoms. The molecule has 0 aliphatic rings. The average Bonchev–Trinajstić information content (AvgIpc) is 2.10. The van der Waals surface area contributed by atoms with Crippen molar-refractivity contribution in [3.8, 4) is 11.8 Å². The number of halogens is 2. The minimum atomic E-state index is -0.542. The van der Waals surface area contributed by atoms with Crippen molar-refractivity contribution in [2.45, 2.75) is 6.42 Å². The van der Waals surface area contributed by atoms with E-state index in [0.29, 0.717) is 5.02 Å². The van der Waals surface area contributed by atoms with Crippen LogP contribution in [0.4, 0.5) is 4.39 Å². The summed E-state index contributed by atoms with van der Waals surface area (Å²) in [6.07, 6.45) is -0.0913. The summed E-state index contributed by atoms with van der Waals surface area (Å²) >= 11 is 5.63. The zero-order chi connectivity index (χ0) is 10.6. The number of primary amides is 1. The maximum absolute atomic E-state index is 13.0. The SMILES string of the molecule is NC(=O)CC#Cc1cc(Cl)ccc1F. The van der Waals surface area contributed by atoms with Crippen LogP contribution in [0, 0.1) is 17.7 Å². The third-order valence-corrected chi connectivity index (χ3v) is 1.65. The van der Waals surface area contributed by atoms with E-state index in [1.807, 2.05) is 0 Å². The molecule has 1 rings (SSSR count). The molecule has 0 fully saturated rings. The van der Waals surface area contributed by atoms with E-state index < -0.39 is 11.7 Å². The Balaban J connectivity index is 2.88. The van der Waals surface area contributed by atoms with Crippen LogP contribution >= 0.6 is 11.6 Å². The molecule has 0 saturated heterocycles. The third-order valence-electron chi connectivity index (χ3n) is 1.41. The summed E-state index contributed by atoms with van der Waals surface area (Å²) in [6.45, 7) is 0. The maximum atomic E-state index is 13.0. The Labute approximate surface area is 85.9 Å². The molecule has 0 aromatic heterocycles. The number of carbonyl (C=O) groups excluding carboxylic acids is 1. The molecule has 72 valence electrons. The Morgan fingerprint density at radius 2 is 2.29 bits per heavy atom. The third kappa shape index (κ3) is 3.08. The van der Waals surface area contributed by atoms with Gasteiger partial charge in [0.25, 0.3) is 0 Å². The number of carbonyl (C=O) groups is 1. The van der Waals surface area contributed by atoms with Crippen molar-refractivity contribution in [3.05, 3.63) is 34.6 Å². The zero-order valence-corrected chi connectivity index (χ0v) is 7.94. The van der Waals surface area contributed by atoms with Crippen molar-refractivity contribution >= 4 is 17.5 Å². The molecule has 0 aliphatic heterocycles. The van der Waals surface area contributed by atoms with Crippen molar-refractivity contribution in [1.29, 1.82) is 0 Å². The van der Waals surface area contributed by atoms with Crippen LogP contribution in [0.1, 0.15) is 12.0 Å². The lowest BCUT2D eigenvalue weighted by Gasteiger charge is -1.94.